The number of hydrogen-bond acceptors (Lipinski definition) is 2. The van der Waals surface area contributed by atoms with Crippen molar-refractivity contribution < 1.29 is 4.74 Å². The minimum Gasteiger partial charge on any atom is -0.356 e. The van der Waals surface area contributed by atoms with Crippen LogP contribution in [0.5, 0.6) is 0 Å². The molecule has 3 rings (SSSR count). The number of aromatic nitrogens is 2. The van der Waals surface area contributed by atoms with Crippen molar-refractivity contribution in [2.45, 2.75) is 25.5 Å². The Morgan fingerprint density at radius 1 is 1.47 bits per heavy atom. The summed E-state index contributed by atoms with van der Waals surface area (Å²) in [7, 11) is 0. The quantitative estimate of drug-likeness (QED) is 0.785. The molecule has 1 aliphatic rings. The molecule has 5 heteroatoms. The van der Waals surface area contributed by atoms with E-state index in [9.17, 15) is 0 Å². The van der Waals surface area contributed by atoms with Crippen LogP contribution in [-0.2, 0) is 4.74 Å². The molecule has 0 N–H and O–H groups in total. The molecule has 1 fully saturated rings. The van der Waals surface area contributed by atoms with Gasteiger partial charge < -0.3 is 4.74 Å². The van der Waals surface area contributed by atoms with Crippen LogP contribution >= 0.6 is 27.5 Å². The van der Waals surface area contributed by atoms with Gasteiger partial charge in [-0.2, -0.15) is 5.10 Å². The van der Waals surface area contributed by atoms with Crippen LogP contribution in [-0.4, -0.2) is 16.4 Å². The number of halogens is 2. The molecule has 1 aliphatic heterocycles. The molecule has 2 heterocycles. The van der Waals surface area contributed by atoms with Crippen molar-refractivity contribution in [3.05, 3.63) is 33.9 Å². The summed E-state index contributed by atoms with van der Waals surface area (Å²) in [6, 6.07) is 4.03. The summed E-state index contributed by atoms with van der Waals surface area (Å²) in [6.07, 6.45) is 5.05. The third kappa shape index (κ3) is 2.22. The van der Waals surface area contributed by atoms with Crippen molar-refractivity contribution in [3.8, 4) is 0 Å². The smallest absolute Gasteiger partial charge is 0.160 e. The highest BCUT2D eigenvalue weighted by Crippen LogP contribution is 2.36. The zero-order chi connectivity index (χ0) is 13.4. The number of nitrogens with zero attached hydrogens (tertiary/aromatic N) is 2. The molecule has 100 valence electrons. The minimum atomic E-state index is -0.00905. The van der Waals surface area contributed by atoms with Crippen molar-refractivity contribution in [1.29, 1.82) is 0 Å². The van der Waals surface area contributed by atoms with Gasteiger partial charge >= 0.3 is 0 Å². The van der Waals surface area contributed by atoms with Gasteiger partial charge in [0.2, 0.25) is 0 Å². The second-order valence-electron chi connectivity index (χ2n) is 4.62. The maximum Gasteiger partial charge on any atom is 0.160 e. The molecule has 1 aromatic carbocycles. The summed E-state index contributed by atoms with van der Waals surface area (Å²) in [5.41, 5.74) is 2.01. The number of benzene rings is 1. The number of hydrogen-bond donors (Lipinski definition) is 0. The van der Waals surface area contributed by atoms with Crippen LogP contribution in [0.4, 0.5) is 0 Å². The highest BCUT2D eigenvalue weighted by molar-refractivity contribution is 9.10. The lowest BCUT2D eigenvalue weighted by Crippen LogP contribution is -2.19. The Morgan fingerprint density at radius 2 is 2.32 bits per heavy atom. The zero-order valence-electron chi connectivity index (χ0n) is 10.4. The molecular formula is C14H14BrClN2O. The van der Waals surface area contributed by atoms with Gasteiger partial charge in [0.25, 0.3) is 0 Å². The van der Waals surface area contributed by atoms with Gasteiger partial charge in [-0.25, -0.2) is 4.68 Å². The van der Waals surface area contributed by atoms with Gasteiger partial charge in [0.1, 0.15) is 0 Å². The minimum absolute atomic E-state index is 0.00905. The van der Waals surface area contributed by atoms with E-state index in [1.54, 1.807) is 6.08 Å². The fraction of sp³-hybridized carbons (Fsp3) is 0.357. The van der Waals surface area contributed by atoms with Crippen LogP contribution < -0.4 is 0 Å². The van der Waals surface area contributed by atoms with E-state index in [0.717, 1.165) is 46.8 Å². The summed E-state index contributed by atoms with van der Waals surface area (Å²) >= 11 is 9.86. The first-order chi connectivity index (χ1) is 9.22. The van der Waals surface area contributed by atoms with Crippen molar-refractivity contribution in [1.82, 2.24) is 9.78 Å². The van der Waals surface area contributed by atoms with Gasteiger partial charge in [0.05, 0.1) is 10.9 Å². The van der Waals surface area contributed by atoms with E-state index < -0.39 is 0 Å². The van der Waals surface area contributed by atoms with Crippen LogP contribution in [0.2, 0.25) is 5.15 Å². The largest absolute Gasteiger partial charge is 0.356 e. The Kier molecular flexibility index (Phi) is 3.65. The predicted octanol–water partition coefficient (Wildman–Crippen LogP) is 4.79. The fourth-order valence-corrected chi connectivity index (χ4v) is 3.53. The lowest BCUT2D eigenvalue weighted by molar-refractivity contribution is -0.0366. The van der Waals surface area contributed by atoms with E-state index in [1.807, 2.05) is 16.8 Å². The molecule has 0 saturated carbocycles. The van der Waals surface area contributed by atoms with E-state index >= 15 is 0 Å². The van der Waals surface area contributed by atoms with Gasteiger partial charge in [-0.05, 0) is 46.8 Å². The monoisotopic (exact) mass is 340 g/mol. The van der Waals surface area contributed by atoms with Crippen LogP contribution in [0, 0.1) is 0 Å². The Hall–Kier alpha value is -0.840. The fourth-order valence-electron chi connectivity index (χ4n) is 2.46. The molecule has 1 unspecified atom stereocenters. The van der Waals surface area contributed by atoms with Gasteiger partial charge in [-0.1, -0.05) is 30.3 Å². The molecule has 3 nitrogen and oxygen atoms in total. The van der Waals surface area contributed by atoms with Crippen molar-refractivity contribution in [2.75, 3.05) is 6.61 Å². The van der Waals surface area contributed by atoms with Gasteiger partial charge in [-0.15, -0.1) is 0 Å². The molecule has 1 saturated heterocycles. The van der Waals surface area contributed by atoms with Crippen LogP contribution in [0.25, 0.3) is 17.0 Å². The second kappa shape index (κ2) is 5.27. The Morgan fingerprint density at radius 3 is 3.00 bits per heavy atom. The van der Waals surface area contributed by atoms with Crippen molar-refractivity contribution >= 4 is 44.5 Å². The second-order valence-corrected chi connectivity index (χ2v) is 5.77. The Balaban J connectivity index is 2.16. The van der Waals surface area contributed by atoms with Gasteiger partial charge in [0, 0.05) is 11.1 Å². The topological polar surface area (TPSA) is 27.1 Å². The third-order valence-electron chi connectivity index (χ3n) is 3.45. The first-order valence-corrected chi connectivity index (χ1v) is 7.49. The standard InChI is InChI=1S/C14H14BrClN2O/c1-2-9-6-7-10-12(13(9)15)14(16)17-18(10)11-5-3-4-8-19-11/h2,6-7,11H,1,3-5,8H2. The molecule has 0 bridgehead atoms. The molecule has 19 heavy (non-hydrogen) atoms. The SMILES string of the molecule is C=Cc1ccc2c(c(Cl)nn2C2CCCCO2)c1Br. The van der Waals surface area contributed by atoms with E-state index in [2.05, 4.69) is 27.6 Å². The van der Waals surface area contributed by atoms with Gasteiger partial charge in [0.15, 0.2) is 11.4 Å². The van der Waals surface area contributed by atoms with E-state index in [1.165, 1.54) is 0 Å². The number of ether oxygens (including phenoxy) is 1. The van der Waals surface area contributed by atoms with Crippen LogP contribution in [0.15, 0.2) is 23.2 Å². The van der Waals surface area contributed by atoms with E-state index in [4.69, 9.17) is 16.3 Å². The average molecular weight is 342 g/mol. The van der Waals surface area contributed by atoms with Crippen LogP contribution in [0.3, 0.4) is 0 Å². The Bertz CT molecular complexity index is 632. The lowest BCUT2D eigenvalue weighted by atomic mass is 10.1. The van der Waals surface area contributed by atoms with E-state index in [-0.39, 0.29) is 6.23 Å². The Labute approximate surface area is 125 Å². The molecule has 2 aromatic rings. The summed E-state index contributed by atoms with van der Waals surface area (Å²) in [4.78, 5) is 0. The lowest BCUT2D eigenvalue weighted by Gasteiger charge is -2.23. The van der Waals surface area contributed by atoms with Crippen LogP contribution in [0.1, 0.15) is 31.1 Å². The third-order valence-corrected chi connectivity index (χ3v) is 4.57. The molecular weight excluding hydrogens is 328 g/mol. The molecule has 0 spiro atoms. The van der Waals surface area contributed by atoms with E-state index in [0.29, 0.717) is 5.15 Å². The zero-order valence-corrected chi connectivity index (χ0v) is 12.7. The highest BCUT2D eigenvalue weighted by Gasteiger charge is 2.22. The summed E-state index contributed by atoms with van der Waals surface area (Å²) in [5.74, 6) is 0. The average Bonchev–Trinajstić information content (AvgIpc) is 2.78. The molecule has 0 radical (unpaired) electrons. The maximum atomic E-state index is 6.28. The molecule has 1 atom stereocenters. The normalized spacial score (nSPS) is 19.8. The predicted molar refractivity (Wildman–Crippen MR) is 81.4 cm³/mol. The van der Waals surface area contributed by atoms with Crippen molar-refractivity contribution in [2.24, 2.45) is 0 Å². The summed E-state index contributed by atoms with van der Waals surface area (Å²) in [6.45, 7) is 4.59. The maximum absolute atomic E-state index is 6.28. The number of rotatable bonds is 2. The molecule has 0 aliphatic carbocycles. The molecule has 1 aromatic heterocycles. The highest BCUT2D eigenvalue weighted by atomic mass is 79.9. The first kappa shape index (κ1) is 13.2. The van der Waals surface area contributed by atoms with Gasteiger partial charge in [-0.3, -0.25) is 0 Å². The number of fused-ring (bicyclic) bond motifs is 1. The first-order valence-electron chi connectivity index (χ1n) is 6.32. The summed E-state index contributed by atoms with van der Waals surface area (Å²) < 4.78 is 8.62. The van der Waals surface area contributed by atoms with Crippen molar-refractivity contribution in [3.63, 3.8) is 0 Å². The molecule has 0 amide bonds. The summed E-state index contributed by atoms with van der Waals surface area (Å²) in [5, 5.41) is 5.87.